The first-order chi connectivity index (χ1) is 18.7. The van der Waals surface area contributed by atoms with E-state index in [2.05, 4.69) is 15.7 Å². The number of amides is 2. The SMILES string of the molecule is CCNCCNC(=O)CN(CC(=O)N(C)N1Cc2ccc(F)cc2C1)c1cc2c(cnn2CC(F)F)cc1C.Cl. The first kappa shape index (κ1) is 31.2. The van der Waals surface area contributed by atoms with Crippen LogP contribution in [-0.4, -0.2) is 77.8 Å². The summed E-state index contributed by atoms with van der Waals surface area (Å²) in [6, 6.07) is 8.11. The summed E-state index contributed by atoms with van der Waals surface area (Å²) in [5.41, 5.74) is 3.61. The van der Waals surface area contributed by atoms with E-state index in [-0.39, 0.29) is 43.1 Å². The van der Waals surface area contributed by atoms with Crippen molar-refractivity contribution in [3.05, 3.63) is 59.0 Å². The highest BCUT2D eigenvalue weighted by Gasteiger charge is 2.28. The number of nitrogens with zero attached hydrogens (tertiary/aromatic N) is 5. The van der Waals surface area contributed by atoms with Crippen LogP contribution in [0.4, 0.5) is 18.9 Å². The summed E-state index contributed by atoms with van der Waals surface area (Å²) < 4.78 is 41.2. The highest BCUT2D eigenvalue weighted by molar-refractivity contribution is 5.90. The van der Waals surface area contributed by atoms with E-state index in [0.29, 0.717) is 42.8 Å². The fraction of sp³-hybridized carbons (Fsp3) is 0.444. The number of hydrogen-bond donors (Lipinski definition) is 2. The third-order valence-electron chi connectivity index (χ3n) is 6.80. The molecule has 0 saturated heterocycles. The third kappa shape index (κ3) is 7.43. The van der Waals surface area contributed by atoms with Crippen molar-refractivity contribution in [2.24, 2.45) is 0 Å². The van der Waals surface area contributed by atoms with Crippen LogP contribution in [0.5, 0.6) is 0 Å². The van der Waals surface area contributed by atoms with Crippen molar-refractivity contribution in [2.45, 2.75) is 39.9 Å². The largest absolute Gasteiger partial charge is 0.353 e. The molecule has 0 unspecified atom stereocenters. The molecule has 1 aliphatic heterocycles. The second kappa shape index (κ2) is 13.8. The van der Waals surface area contributed by atoms with E-state index in [9.17, 15) is 22.8 Å². The molecule has 40 heavy (non-hydrogen) atoms. The Morgan fingerprint density at radius 1 is 1.10 bits per heavy atom. The highest BCUT2D eigenvalue weighted by Crippen LogP contribution is 2.28. The van der Waals surface area contributed by atoms with Gasteiger partial charge in [0.05, 0.1) is 24.8 Å². The average molecular weight is 582 g/mol. The van der Waals surface area contributed by atoms with Crippen molar-refractivity contribution in [3.8, 4) is 0 Å². The van der Waals surface area contributed by atoms with Crippen LogP contribution in [-0.2, 0) is 29.2 Å². The van der Waals surface area contributed by atoms with Crippen LogP contribution in [0.2, 0.25) is 0 Å². The number of alkyl halides is 2. The molecule has 9 nitrogen and oxygen atoms in total. The number of hydrogen-bond acceptors (Lipinski definition) is 6. The number of aryl methyl sites for hydroxylation is 1. The zero-order chi connectivity index (χ0) is 28.1. The molecule has 13 heteroatoms. The number of carbonyl (C=O) groups excluding carboxylic acids is 2. The Kier molecular flexibility index (Phi) is 10.8. The number of aromatic nitrogens is 2. The number of rotatable bonds is 12. The zero-order valence-electron chi connectivity index (χ0n) is 22.8. The molecular formula is C27H35ClF3N7O2. The molecular weight excluding hydrogens is 547 g/mol. The number of halogens is 4. The number of benzene rings is 2. The van der Waals surface area contributed by atoms with Gasteiger partial charge in [-0.3, -0.25) is 19.3 Å². The predicted octanol–water partition coefficient (Wildman–Crippen LogP) is 3.09. The minimum Gasteiger partial charge on any atom is -0.353 e. The van der Waals surface area contributed by atoms with Gasteiger partial charge in [-0.2, -0.15) is 5.10 Å². The average Bonchev–Trinajstić information content (AvgIpc) is 3.48. The van der Waals surface area contributed by atoms with Gasteiger partial charge in [-0.15, -0.1) is 12.4 Å². The van der Waals surface area contributed by atoms with Gasteiger partial charge in [0.15, 0.2) is 0 Å². The topological polar surface area (TPSA) is 85.7 Å². The second-order valence-electron chi connectivity index (χ2n) is 9.63. The Morgan fingerprint density at radius 3 is 2.58 bits per heavy atom. The molecule has 2 amide bonds. The summed E-state index contributed by atoms with van der Waals surface area (Å²) in [6.07, 6.45) is -1.05. The summed E-state index contributed by atoms with van der Waals surface area (Å²) in [5, 5.41) is 14.1. The number of anilines is 1. The van der Waals surface area contributed by atoms with Crippen molar-refractivity contribution < 1.29 is 22.8 Å². The third-order valence-corrected chi connectivity index (χ3v) is 6.80. The van der Waals surface area contributed by atoms with Crippen LogP contribution >= 0.6 is 12.4 Å². The zero-order valence-corrected chi connectivity index (χ0v) is 23.6. The van der Waals surface area contributed by atoms with Crippen molar-refractivity contribution >= 4 is 40.8 Å². The molecule has 0 bridgehead atoms. The molecule has 218 valence electrons. The molecule has 1 aliphatic rings. The Morgan fingerprint density at radius 2 is 1.85 bits per heavy atom. The van der Waals surface area contributed by atoms with E-state index in [1.165, 1.54) is 28.0 Å². The maximum absolute atomic E-state index is 13.7. The summed E-state index contributed by atoms with van der Waals surface area (Å²) in [5.74, 6) is -0.870. The lowest BCUT2D eigenvalue weighted by atomic mass is 10.1. The standard InChI is InChI=1S/C27H34F3N7O2.ClH/c1-4-31-7-8-32-26(38)16-35(23-11-24-20(9-18(23)2)12-33-37(24)15-25(29)30)17-27(39)34(3)36-13-19-5-6-22(28)10-21(19)14-36;/h5-6,9-12,25,31H,4,7-8,13-17H2,1-3H3,(H,32,38);1H. The van der Waals surface area contributed by atoms with E-state index in [4.69, 9.17) is 0 Å². The maximum atomic E-state index is 13.7. The van der Waals surface area contributed by atoms with Crippen LogP contribution in [0.1, 0.15) is 23.6 Å². The van der Waals surface area contributed by atoms with Gasteiger partial charge in [0, 0.05) is 44.3 Å². The van der Waals surface area contributed by atoms with Gasteiger partial charge in [-0.1, -0.05) is 13.0 Å². The monoisotopic (exact) mass is 581 g/mol. The fourth-order valence-corrected chi connectivity index (χ4v) is 4.75. The molecule has 2 aromatic carbocycles. The van der Waals surface area contributed by atoms with Gasteiger partial charge in [0.2, 0.25) is 5.91 Å². The van der Waals surface area contributed by atoms with E-state index in [1.807, 2.05) is 24.9 Å². The summed E-state index contributed by atoms with van der Waals surface area (Å²) in [6.45, 7) is 5.68. The van der Waals surface area contributed by atoms with Crippen LogP contribution in [0.15, 0.2) is 36.5 Å². The van der Waals surface area contributed by atoms with Gasteiger partial charge in [-0.05, 0) is 54.4 Å². The number of carbonyl (C=O) groups is 2. The quantitative estimate of drug-likeness (QED) is 0.320. The van der Waals surface area contributed by atoms with Crippen LogP contribution in [0, 0.1) is 12.7 Å². The van der Waals surface area contributed by atoms with Gasteiger partial charge >= 0.3 is 0 Å². The van der Waals surface area contributed by atoms with Gasteiger partial charge < -0.3 is 15.5 Å². The van der Waals surface area contributed by atoms with E-state index in [1.54, 1.807) is 24.1 Å². The molecule has 3 aromatic rings. The van der Waals surface area contributed by atoms with Crippen molar-refractivity contribution in [2.75, 3.05) is 44.7 Å². The highest BCUT2D eigenvalue weighted by atomic mass is 35.5. The van der Waals surface area contributed by atoms with Crippen LogP contribution in [0.3, 0.4) is 0 Å². The van der Waals surface area contributed by atoms with Crippen LogP contribution in [0.25, 0.3) is 10.9 Å². The summed E-state index contributed by atoms with van der Waals surface area (Å²) in [4.78, 5) is 28.0. The van der Waals surface area contributed by atoms with Crippen molar-refractivity contribution in [1.29, 1.82) is 0 Å². The smallest absolute Gasteiger partial charge is 0.257 e. The first-order valence-electron chi connectivity index (χ1n) is 12.9. The molecule has 0 saturated carbocycles. The second-order valence-corrected chi connectivity index (χ2v) is 9.63. The Labute approximate surface area is 237 Å². The minimum absolute atomic E-state index is 0. The summed E-state index contributed by atoms with van der Waals surface area (Å²) >= 11 is 0. The van der Waals surface area contributed by atoms with E-state index in [0.717, 1.165) is 23.2 Å². The normalized spacial score (nSPS) is 12.9. The molecule has 4 rings (SSSR count). The number of fused-ring (bicyclic) bond motifs is 2. The Balaban J connectivity index is 0.00000441. The lowest BCUT2D eigenvalue weighted by Crippen LogP contribution is -2.48. The molecule has 1 aromatic heterocycles. The van der Waals surface area contributed by atoms with Crippen molar-refractivity contribution in [3.63, 3.8) is 0 Å². The predicted molar refractivity (Wildman–Crippen MR) is 150 cm³/mol. The molecule has 0 radical (unpaired) electrons. The molecule has 2 heterocycles. The van der Waals surface area contributed by atoms with Gasteiger partial charge in [-0.25, -0.2) is 18.2 Å². The van der Waals surface area contributed by atoms with Crippen LogP contribution < -0.4 is 15.5 Å². The van der Waals surface area contributed by atoms with Crippen molar-refractivity contribution in [1.82, 2.24) is 30.4 Å². The molecule has 0 aliphatic carbocycles. The lowest BCUT2D eigenvalue weighted by molar-refractivity contribution is -0.145. The Hall–Kier alpha value is -3.35. The van der Waals surface area contributed by atoms with E-state index >= 15 is 0 Å². The van der Waals surface area contributed by atoms with E-state index < -0.39 is 13.0 Å². The number of hydrazine groups is 1. The van der Waals surface area contributed by atoms with Gasteiger partial charge in [0.1, 0.15) is 12.4 Å². The van der Waals surface area contributed by atoms with Gasteiger partial charge in [0.25, 0.3) is 12.3 Å². The number of likely N-dealkylation sites (N-methyl/N-ethyl adjacent to an activating group) is 2. The number of nitrogens with one attached hydrogen (secondary N) is 2. The Bertz CT molecular complexity index is 1340. The lowest BCUT2D eigenvalue weighted by Gasteiger charge is -2.32. The molecule has 0 spiro atoms. The molecule has 2 N–H and O–H groups in total. The molecule has 0 atom stereocenters. The summed E-state index contributed by atoms with van der Waals surface area (Å²) in [7, 11) is 1.65. The molecule has 0 fully saturated rings. The maximum Gasteiger partial charge on any atom is 0.257 e. The minimum atomic E-state index is -2.58. The first-order valence-corrected chi connectivity index (χ1v) is 12.9. The fourth-order valence-electron chi connectivity index (χ4n) is 4.75.